The van der Waals surface area contributed by atoms with Crippen molar-refractivity contribution in [3.05, 3.63) is 46.5 Å². The molecule has 0 saturated heterocycles. The molecule has 2 aromatic rings. The lowest BCUT2D eigenvalue weighted by atomic mass is 10.1. The van der Waals surface area contributed by atoms with E-state index in [1.165, 1.54) is 12.8 Å². The van der Waals surface area contributed by atoms with Gasteiger partial charge in [-0.15, -0.1) is 0 Å². The summed E-state index contributed by atoms with van der Waals surface area (Å²) in [4.78, 5) is 23.8. The fourth-order valence-electron chi connectivity index (χ4n) is 1.97. The first-order chi connectivity index (χ1) is 11.5. The minimum Gasteiger partial charge on any atom is -0.417 e. The minimum atomic E-state index is -0.477. The van der Waals surface area contributed by atoms with Gasteiger partial charge in [-0.05, 0) is 29.9 Å². The summed E-state index contributed by atoms with van der Waals surface area (Å²) in [6, 6.07) is 8.68. The fraction of sp³-hybridized carbons (Fsp3) is 0.500. The number of benzene rings is 1. The number of hydrogen-bond acceptors (Lipinski definition) is 3. The zero-order chi connectivity index (χ0) is 17.9. The normalized spacial score (nSPS) is 11.5. The molecule has 0 fully saturated rings. The molecule has 0 bridgehead atoms. The van der Waals surface area contributed by atoms with E-state index in [0.29, 0.717) is 17.8 Å². The van der Waals surface area contributed by atoms with E-state index in [-0.39, 0.29) is 11.7 Å². The van der Waals surface area contributed by atoms with Crippen molar-refractivity contribution in [2.24, 2.45) is 5.92 Å². The average molecular weight is 331 g/mol. The van der Waals surface area contributed by atoms with Gasteiger partial charge in [0.05, 0.1) is 5.39 Å². The van der Waals surface area contributed by atoms with Crippen LogP contribution in [0.1, 0.15) is 63.9 Å². The monoisotopic (exact) mass is 331 g/mol. The molecule has 132 valence electrons. The molecule has 1 N–H and O–H groups in total. The van der Waals surface area contributed by atoms with Gasteiger partial charge in [0.2, 0.25) is 0 Å². The summed E-state index contributed by atoms with van der Waals surface area (Å²) in [7, 11) is 0. The highest BCUT2D eigenvalue weighted by atomic mass is 16.4. The fourth-order valence-corrected chi connectivity index (χ4v) is 1.97. The molecule has 1 amide bonds. The maximum atomic E-state index is 12.0. The third-order valence-corrected chi connectivity index (χ3v) is 4.01. The smallest absolute Gasteiger partial charge is 0.344 e. The number of carbonyl (C=O) groups excluding carboxylic acids is 1. The molecule has 1 aromatic carbocycles. The van der Waals surface area contributed by atoms with E-state index in [1.807, 2.05) is 6.07 Å². The van der Waals surface area contributed by atoms with E-state index in [0.717, 1.165) is 18.2 Å². The Bertz CT molecular complexity index is 689. The van der Waals surface area contributed by atoms with Crippen molar-refractivity contribution in [3.8, 4) is 0 Å². The quantitative estimate of drug-likeness (QED) is 0.830. The molecule has 0 aliphatic carbocycles. The van der Waals surface area contributed by atoms with Gasteiger partial charge in [0, 0.05) is 6.54 Å². The van der Waals surface area contributed by atoms with Crippen LogP contribution in [0.15, 0.2) is 39.5 Å². The second kappa shape index (κ2) is 10.6. The Labute approximate surface area is 144 Å². The lowest BCUT2D eigenvalue weighted by Gasteiger charge is -2.09. The third kappa shape index (κ3) is 6.19. The van der Waals surface area contributed by atoms with E-state index in [2.05, 4.69) is 33.0 Å². The highest BCUT2D eigenvalue weighted by Crippen LogP contribution is 2.11. The number of fused-ring (bicyclic) bond motifs is 1. The number of unbranched alkanes of at least 4 members (excludes halogenated alkanes) is 1. The first kappa shape index (κ1) is 19.9. The summed E-state index contributed by atoms with van der Waals surface area (Å²) in [5, 5.41) is 3.99. The standard InChI is InChI=1S/C16H19NO3.C4H10/c1-3-11(2)8-9-17-15(18)14-10-12-6-4-5-7-13(12)16(19)20-14;1-3-4-2/h4-7,10-11H,3,8-9H2,1-2H3,(H,17,18);3-4H2,1-2H3. The van der Waals surface area contributed by atoms with Gasteiger partial charge in [-0.1, -0.05) is 65.2 Å². The van der Waals surface area contributed by atoms with Gasteiger partial charge in [-0.3, -0.25) is 4.79 Å². The van der Waals surface area contributed by atoms with Gasteiger partial charge in [-0.2, -0.15) is 0 Å². The molecule has 1 heterocycles. The minimum absolute atomic E-state index is 0.0675. The molecular formula is C20H29NO3. The topological polar surface area (TPSA) is 59.3 Å². The van der Waals surface area contributed by atoms with Crippen LogP contribution in [0.4, 0.5) is 0 Å². The molecule has 24 heavy (non-hydrogen) atoms. The van der Waals surface area contributed by atoms with Gasteiger partial charge in [-0.25, -0.2) is 4.79 Å². The van der Waals surface area contributed by atoms with Crippen LogP contribution in [-0.2, 0) is 0 Å². The summed E-state index contributed by atoms with van der Waals surface area (Å²) in [5.74, 6) is 0.299. The molecule has 2 rings (SSSR count). The molecular weight excluding hydrogens is 302 g/mol. The molecule has 0 radical (unpaired) electrons. The Morgan fingerprint density at radius 3 is 2.46 bits per heavy atom. The molecule has 1 aromatic heterocycles. The van der Waals surface area contributed by atoms with Gasteiger partial charge >= 0.3 is 5.63 Å². The van der Waals surface area contributed by atoms with E-state index in [4.69, 9.17) is 4.42 Å². The van der Waals surface area contributed by atoms with Gasteiger partial charge in [0.25, 0.3) is 5.91 Å². The number of nitrogens with one attached hydrogen (secondary N) is 1. The summed E-state index contributed by atoms with van der Waals surface area (Å²) < 4.78 is 5.07. The van der Waals surface area contributed by atoms with Gasteiger partial charge in [0.1, 0.15) is 0 Å². The summed E-state index contributed by atoms with van der Waals surface area (Å²) in [5.41, 5.74) is -0.477. The molecule has 4 nitrogen and oxygen atoms in total. The second-order valence-electron chi connectivity index (χ2n) is 6.04. The lowest BCUT2D eigenvalue weighted by molar-refractivity contribution is 0.0920. The average Bonchev–Trinajstić information content (AvgIpc) is 2.61. The van der Waals surface area contributed by atoms with Crippen molar-refractivity contribution in [2.75, 3.05) is 6.54 Å². The first-order valence-electron chi connectivity index (χ1n) is 8.84. The Kier molecular flexibility index (Phi) is 8.84. The van der Waals surface area contributed by atoms with Crippen LogP contribution >= 0.6 is 0 Å². The molecule has 0 spiro atoms. The van der Waals surface area contributed by atoms with Crippen LogP contribution in [-0.4, -0.2) is 12.5 Å². The second-order valence-corrected chi connectivity index (χ2v) is 6.04. The molecule has 4 heteroatoms. The van der Waals surface area contributed by atoms with Crippen molar-refractivity contribution >= 4 is 16.7 Å². The largest absolute Gasteiger partial charge is 0.417 e. The van der Waals surface area contributed by atoms with Crippen molar-refractivity contribution in [1.29, 1.82) is 0 Å². The molecule has 0 saturated carbocycles. The summed E-state index contributed by atoms with van der Waals surface area (Å²) in [6.07, 6.45) is 4.64. The van der Waals surface area contributed by atoms with Crippen LogP contribution < -0.4 is 10.9 Å². The van der Waals surface area contributed by atoms with E-state index in [9.17, 15) is 9.59 Å². The van der Waals surface area contributed by atoms with Crippen LogP contribution in [0.25, 0.3) is 10.8 Å². The van der Waals surface area contributed by atoms with Gasteiger partial charge < -0.3 is 9.73 Å². The first-order valence-corrected chi connectivity index (χ1v) is 8.84. The van der Waals surface area contributed by atoms with Crippen LogP contribution in [0.5, 0.6) is 0 Å². The zero-order valence-corrected chi connectivity index (χ0v) is 15.2. The van der Waals surface area contributed by atoms with Crippen LogP contribution in [0.2, 0.25) is 0 Å². The lowest BCUT2D eigenvalue weighted by Crippen LogP contribution is -2.26. The number of hydrogen-bond donors (Lipinski definition) is 1. The Morgan fingerprint density at radius 1 is 1.17 bits per heavy atom. The van der Waals surface area contributed by atoms with Crippen molar-refractivity contribution < 1.29 is 9.21 Å². The maximum Gasteiger partial charge on any atom is 0.344 e. The number of rotatable bonds is 6. The SMILES string of the molecule is CCC(C)CCNC(=O)c1cc2ccccc2c(=O)o1.CCCC. The van der Waals surface area contributed by atoms with Crippen molar-refractivity contribution in [1.82, 2.24) is 5.32 Å². The van der Waals surface area contributed by atoms with E-state index < -0.39 is 5.63 Å². The van der Waals surface area contributed by atoms with Gasteiger partial charge in [0.15, 0.2) is 5.76 Å². The zero-order valence-electron chi connectivity index (χ0n) is 15.2. The number of carbonyl (C=O) groups is 1. The highest BCUT2D eigenvalue weighted by molar-refractivity contribution is 5.95. The van der Waals surface area contributed by atoms with Crippen molar-refractivity contribution in [3.63, 3.8) is 0 Å². The Hall–Kier alpha value is -2.10. The number of amides is 1. The van der Waals surface area contributed by atoms with Crippen LogP contribution in [0.3, 0.4) is 0 Å². The molecule has 1 unspecified atom stereocenters. The highest BCUT2D eigenvalue weighted by Gasteiger charge is 2.11. The summed E-state index contributed by atoms with van der Waals surface area (Å²) >= 11 is 0. The van der Waals surface area contributed by atoms with E-state index >= 15 is 0 Å². The molecule has 0 aliphatic rings. The summed E-state index contributed by atoms with van der Waals surface area (Å²) in [6.45, 7) is 9.21. The third-order valence-electron chi connectivity index (χ3n) is 4.01. The Balaban J connectivity index is 0.000000648. The van der Waals surface area contributed by atoms with Crippen LogP contribution in [0, 0.1) is 5.92 Å². The Morgan fingerprint density at radius 2 is 1.83 bits per heavy atom. The van der Waals surface area contributed by atoms with Crippen molar-refractivity contribution in [2.45, 2.75) is 53.4 Å². The molecule has 0 aliphatic heterocycles. The molecule has 1 atom stereocenters. The maximum absolute atomic E-state index is 12.0. The predicted octanol–water partition coefficient (Wildman–Crippen LogP) is 4.77. The predicted molar refractivity (Wildman–Crippen MR) is 99.5 cm³/mol. The van der Waals surface area contributed by atoms with E-state index in [1.54, 1.807) is 24.3 Å².